The number of aromatic nitrogens is 3. The van der Waals surface area contributed by atoms with Crippen molar-refractivity contribution in [2.75, 3.05) is 11.4 Å². The van der Waals surface area contributed by atoms with Crippen molar-refractivity contribution in [3.05, 3.63) is 23.2 Å². The monoisotopic (exact) mass is 308 g/mol. The fourth-order valence-electron chi connectivity index (χ4n) is 2.20. The van der Waals surface area contributed by atoms with Crippen LogP contribution < -0.4 is 4.90 Å². The zero-order valence-electron chi connectivity index (χ0n) is 10.7. The Morgan fingerprint density at radius 2 is 2.28 bits per heavy atom. The van der Waals surface area contributed by atoms with E-state index in [0.717, 1.165) is 28.5 Å². The van der Waals surface area contributed by atoms with Gasteiger partial charge in [-0.15, -0.1) is 0 Å². The first-order valence-corrected chi connectivity index (χ1v) is 7.20. The van der Waals surface area contributed by atoms with Crippen molar-refractivity contribution in [2.45, 2.75) is 32.7 Å². The molecule has 2 aromatic rings. The standard InChI is InChI=1S/C13H17BrN4/c1-9(2)18(7-10-3-4-10)13-12-15-5-6-17(12)8-11(14)16-13/h5-6,8-10H,3-4,7H2,1-2H3. The molecule has 2 aromatic heterocycles. The maximum atomic E-state index is 4.64. The highest BCUT2D eigenvalue weighted by molar-refractivity contribution is 9.10. The molecule has 0 aliphatic heterocycles. The third-order valence-electron chi connectivity index (χ3n) is 3.37. The van der Waals surface area contributed by atoms with Crippen LogP contribution in [0.3, 0.4) is 0 Å². The molecule has 1 aliphatic carbocycles. The molecule has 0 spiro atoms. The number of imidazole rings is 1. The summed E-state index contributed by atoms with van der Waals surface area (Å²) in [4.78, 5) is 11.4. The average molecular weight is 309 g/mol. The van der Waals surface area contributed by atoms with Gasteiger partial charge in [0.05, 0.1) is 0 Å². The number of rotatable bonds is 4. The molecule has 0 aromatic carbocycles. The number of hydrogen-bond acceptors (Lipinski definition) is 3. The zero-order valence-corrected chi connectivity index (χ0v) is 12.3. The molecular formula is C13H17BrN4. The maximum Gasteiger partial charge on any atom is 0.180 e. The third-order valence-corrected chi connectivity index (χ3v) is 3.76. The van der Waals surface area contributed by atoms with Crippen molar-refractivity contribution in [3.8, 4) is 0 Å². The molecule has 0 amide bonds. The van der Waals surface area contributed by atoms with E-state index in [-0.39, 0.29) is 0 Å². The SMILES string of the molecule is CC(C)N(CC1CC1)c1nc(Br)cn2ccnc12. The van der Waals surface area contributed by atoms with E-state index in [4.69, 9.17) is 0 Å². The van der Waals surface area contributed by atoms with Gasteiger partial charge in [-0.3, -0.25) is 0 Å². The van der Waals surface area contributed by atoms with Crippen molar-refractivity contribution < 1.29 is 0 Å². The maximum absolute atomic E-state index is 4.64. The summed E-state index contributed by atoms with van der Waals surface area (Å²) < 4.78 is 2.87. The number of halogens is 1. The first-order valence-electron chi connectivity index (χ1n) is 6.41. The van der Waals surface area contributed by atoms with Gasteiger partial charge >= 0.3 is 0 Å². The molecule has 1 aliphatic rings. The molecule has 5 heteroatoms. The molecule has 3 rings (SSSR count). The summed E-state index contributed by atoms with van der Waals surface area (Å²) in [5.74, 6) is 1.82. The molecule has 1 fully saturated rings. The smallest absolute Gasteiger partial charge is 0.180 e. The number of fused-ring (bicyclic) bond motifs is 1. The summed E-state index contributed by atoms with van der Waals surface area (Å²) in [6.07, 6.45) is 8.43. The normalized spacial score (nSPS) is 15.6. The predicted molar refractivity (Wildman–Crippen MR) is 75.9 cm³/mol. The van der Waals surface area contributed by atoms with Gasteiger partial charge in [-0.1, -0.05) is 0 Å². The molecule has 0 N–H and O–H groups in total. The van der Waals surface area contributed by atoms with Crippen LogP contribution in [0.25, 0.3) is 5.65 Å². The Bertz CT molecular complexity index is 559. The average Bonchev–Trinajstić information content (AvgIpc) is 3.01. The molecule has 0 atom stereocenters. The van der Waals surface area contributed by atoms with Crippen LogP contribution in [0, 0.1) is 5.92 Å². The zero-order chi connectivity index (χ0) is 12.7. The Balaban J connectivity index is 2.05. The molecule has 18 heavy (non-hydrogen) atoms. The second-order valence-corrected chi connectivity index (χ2v) is 6.05. The van der Waals surface area contributed by atoms with Crippen LogP contribution in [-0.4, -0.2) is 27.0 Å². The number of nitrogens with zero attached hydrogens (tertiary/aromatic N) is 4. The van der Waals surface area contributed by atoms with Crippen LogP contribution in [0.2, 0.25) is 0 Å². The summed E-state index contributed by atoms with van der Waals surface area (Å²) in [5, 5.41) is 0. The van der Waals surface area contributed by atoms with Crippen LogP contribution >= 0.6 is 15.9 Å². The van der Waals surface area contributed by atoms with Crippen LogP contribution in [0.1, 0.15) is 26.7 Å². The van der Waals surface area contributed by atoms with E-state index in [2.05, 4.69) is 44.6 Å². The fraction of sp³-hybridized carbons (Fsp3) is 0.538. The van der Waals surface area contributed by atoms with Gasteiger partial charge in [-0.2, -0.15) is 0 Å². The van der Waals surface area contributed by atoms with E-state index in [1.54, 1.807) is 0 Å². The lowest BCUT2D eigenvalue weighted by Crippen LogP contribution is -2.34. The fourth-order valence-corrected chi connectivity index (χ4v) is 2.59. The predicted octanol–water partition coefficient (Wildman–Crippen LogP) is 3.12. The Hall–Kier alpha value is -1.10. The van der Waals surface area contributed by atoms with E-state index in [0.29, 0.717) is 6.04 Å². The summed E-state index contributed by atoms with van der Waals surface area (Å²) in [5.41, 5.74) is 0.938. The lowest BCUT2D eigenvalue weighted by atomic mass is 10.2. The van der Waals surface area contributed by atoms with Crippen LogP contribution in [-0.2, 0) is 0 Å². The number of anilines is 1. The highest BCUT2D eigenvalue weighted by Crippen LogP contribution is 2.33. The van der Waals surface area contributed by atoms with Crippen molar-refractivity contribution in [1.29, 1.82) is 0 Å². The second-order valence-electron chi connectivity index (χ2n) is 5.23. The summed E-state index contributed by atoms with van der Waals surface area (Å²) in [6.45, 7) is 5.51. The van der Waals surface area contributed by atoms with Gasteiger partial charge in [0.2, 0.25) is 0 Å². The first kappa shape index (κ1) is 12.0. The van der Waals surface area contributed by atoms with E-state index < -0.39 is 0 Å². The van der Waals surface area contributed by atoms with Gasteiger partial charge < -0.3 is 9.30 Å². The van der Waals surface area contributed by atoms with Gasteiger partial charge in [-0.05, 0) is 48.5 Å². The van der Waals surface area contributed by atoms with Crippen LogP contribution in [0.15, 0.2) is 23.2 Å². The number of hydrogen-bond donors (Lipinski definition) is 0. The quantitative estimate of drug-likeness (QED) is 0.870. The topological polar surface area (TPSA) is 33.4 Å². The molecule has 0 radical (unpaired) electrons. The highest BCUT2D eigenvalue weighted by atomic mass is 79.9. The Kier molecular flexibility index (Phi) is 3.01. The molecule has 0 saturated heterocycles. The Labute approximate surface area is 115 Å². The summed E-state index contributed by atoms with van der Waals surface area (Å²) in [6, 6.07) is 0.438. The lowest BCUT2D eigenvalue weighted by molar-refractivity contribution is 0.636. The van der Waals surface area contributed by atoms with E-state index in [1.807, 2.05) is 23.0 Å². The summed E-state index contributed by atoms with van der Waals surface area (Å²) in [7, 11) is 0. The molecule has 96 valence electrons. The minimum atomic E-state index is 0.438. The van der Waals surface area contributed by atoms with E-state index in [9.17, 15) is 0 Å². The van der Waals surface area contributed by atoms with Gasteiger partial charge in [0, 0.05) is 31.2 Å². The van der Waals surface area contributed by atoms with Crippen molar-refractivity contribution in [1.82, 2.24) is 14.4 Å². The molecule has 0 bridgehead atoms. The summed E-state index contributed by atoms with van der Waals surface area (Å²) >= 11 is 3.48. The highest BCUT2D eigenvalue weighted by Gasteiger charge is 2.27. The van der Waals surface area contributed by atoms with Crippen molar-refractivity contribution in [2.24, 2.45) is 5.92 Å². The van der Waals surface area contributed by atoms with E-state index >= 15 is 0 Å². The van der Waals surface area contributed by atoms with Gasteiger partial charge in [0.15, 0.2) is 11.5 Å². The van der Waals surface area contributed by atoms with E-state index in [1.165, 1.54) is 12.8 Å². The van der Waals surface area contributed by atoms with Crippen LogP contribution in [0.4, 0.5) is 5.82 Å². The minimum Gasteiger partial charge on any atom is -0.351 e. The van der Waals surface area contributed by atoms with Crippen molar-refractivity contribution >= 4 is 27.4 Å². The molecule has 4 nitrogen and oxygen atoms in total. The molecule has 2 heterocycles. The van der Waals surface area contributed by atoms with Gasteiger partial charge in [0.1, 0.15) is 4.60 Å². The van der Waals surface area contributed by atoms with Gasteiger partial charge in [-0.25, -0.2) is 9.97 Å². The molecule has 1 saturated carbocycles. The minimum absolute atomic E-state index is 0.438. The Morgan fingerprint density at radius 1 is 1.50 bits per heavy atom. The lowest BCUT2D eigenvalue weighted by Gasteiger charge is -2.28. The first-order chi connectivity index (χ1) is 8.65. The Morgan fingerprint density at radius 3 is 2.94 bits per heavy atom. The van der Waals surface area contributed by atoms with Crippen LogP contribution in [0.5, 0.6) is 0 Å². The van der Waals surface area contributed by atoms with Crippen molar-refractivity contribution in [3.63, 3.8) is 0 Å². The second kappa shape index (κ2) is 4.53. The third kappa shape index (κ3) is 2.23. The molecule has 0 unspecified atom stereocenters. The molecular weight excluding hydrogens is 292 g/mol. The van der Waals surface area contributed by atoms with Gasteiger partial charge in [0.25, 0.3) is 0 Å². The largest absolute Gasteiger partial charge is 0.351 e.